The summed E-state index contributed by atoms with van der Waals surface area (Å²) in [6, 6.07) is 0.784. The largest absolute Gasteiger partial charge is 0.412 e. The molecule has 0 fully saturated rings. The van der Waals surface area contributed by atoms with E-state index >= 15 is 0 Å². The number of primary sulfonamides is 1. The van der Waals surface area contributed by atoms with Crippen molar-refractivity contribution in [1.82, 2.24) is 0 Å². The van der Waals surface area contributed by atoms with Gasteiger partial charge >= 0.3 is 0 Å². The Morgan fingerprint density at radius 2 is 1.56 bits per heavy atom. The van der Waals surface area contributed by atoms with Crippen LogP contribution in [0.5, 0.6) is 0 Å². The molecule has 18 heavy (non-hydrogen) atoms. The van der Waals surface area contributed by atoms with Gasteiger partial charge in [0.15, 0.2) is 0 Å². The molecular formula is C6H9ClFNO7S2. The summed E-state index contributed by atoms with van der Waals surface area (Å²) in [5.41, 5.74) is 0. The molecule has 0 amide bonds. The lowest BCUT2D eigenvalue weighted by atomic mass is 10.3. The maximum absolute atomic E-state index is 13.1. The van der Waals surface area contributed by atoms with Crippen LogP contribution in [-0.4, -0.2) is 32.3 Å². The van der Waals surface area contributed by atoms with Crippen LogP contribution in [0.1, 0.15) is 0 Å². The highest BCUT2D eigenvalue weighted by molar-refractivity contribution is 7.89. The molecule has 8 nitrogen and oxygen atoms in total. The molecule has 1 aromatic rings. The van der Waals surface area contributed by atoms with Crippen LogP contribution in [0.4, 0.5) is 4.39 Å². The molecule has 0 atom stereocenters. The van der Waals surface area contributed by atoms with Gasteiger partial charge in [0.2, 0.25) is 10.0 Å². The molecule has 0 saturated carbocycles. The Kier molecular flexibility index (Phi) is 6.38. The smallest absolute Gasteiger partial charge is 0.297 e. The van der Waals surface area contributed by atoms with E-state index in [1.807, 2.05) is 0 Å². The van der Waals surface area contributed by atoms with Gasteiger partial charge in [-0.15, -0.1) is 0 Å². The molecule has 0 aromatic heterocycles. The molecule has 0 spiro atoms. The summed E-state index contributed by atoms with van der Waals surface area (Å²) in [5, 5.41) is 4.13. The van der Waals surface area contributed by atoms with E-state index < -0.39 is 40.8 Å². The summed E-state index contributed by atoms with van der Waals surface area (Å²) in [6.07, 6.45) is 0. The van der Waals surface area contributed by atoms with Crippen molar-refractivity contribution in [1.29, 1.82) is 0 Å². The fourth-order valence-electron chi connectivity index (χ4n) is 0.926. The summed E-state index contributed by atoms with van der Waals surface area (Å²) in [7, 11) is -9.19. The molecule has 1 aromatic carbocycles. The molecule has 0 bridgehead atoms. The predicted octanol–water partition coefficient (Wildman–Crippen LogP) is -1.28. The Morgan fingerprint density at radius 3 is 1.89 bits per heavy atom. The maximum atomic E-state index is 13.1. The minimum Gasteiger partial charge on any atom is -0.412 e. The molecule has 0 unspecified atom stereocenters. The molecule has 0 saturated heterocycles. The Bertz CT molecular complexity index is 589. The maximum Gasteiger partial charge on any atom is 0.297 e. The molecule has 0 aliphatic heterocycles. The quantitative estimate of drug-likeness (QED) is 0.642. The zero-order valence-corrected chi connectivity index (χ0v) is 10.8. The third-order valence-corrected chi connectivity index (χ3v) is 3.82. The van der Waals surface area contributed by atoms with Gasteiger partial charge in [-0.1, -0.05) is 11.6 Å². The molecule has 0 heterocycles. The van der Waals surface area contributed by atoms with Crippen molar-refractivity contribution in [3.05, 3.63) is 23.0 Å². The second kappa shape index (κ2) is 5.88. The average Bonchev–Trinajstić information content (AvgIpc) is 1.97. The van der Waals surface area contributed by atoms with Gasteiger partial charge < -0.3 is 11.0 Å². The van der Waals surface area contributed by atoms with E-state index in [9.17, 15) is 21.2 Å². The topological polar surface area (TPSA) is 178 Å². The van der Waals surface area contributed by atoms with Crippen molar-refractivity contribution in [3.8, 4) is 0 Å². The number of sulfonamides is 1. The highest BCUT2D eigenvalue weighted by Crippen LogP contribution is 2.26. The number of nitrogens with two attached hydrogens (primary N) is 1. The van der Waals surface area contributed by atoms with Gasteiger partial charge in [-0.2, -0.15) is 8.42 Å². The lowest BCUT2D eigenvalue weighted by Gasteiger charge is -2.05. The predicted molar refractivity (Wildman–Crippen MR) is 59.8 cm³/mol. The van der Waals surface area contributed by atoms with Gasteiger partial charge in [0, 0.05) is 0 Å². The SMILES string of the molecule is NS(=O)(=O)c1cc(S(=O)(=O)O)c(F)cc1Cl.O.O. The fraction of sp³-hybridized carbons (Fsp3) is 0. The Labute approximate surface area is 107 Å². The van der Waals surface area contributed by atoms with Crippen LogP contribution in [0.2, 0.25) is 5.02 Å². The van der Waals surface area contributed by atoms with E-state index in [2.05, 4.69) is 0 Å². The van der Waals surface area contributed by atoms with Crippen LogP contribution in [-0.2, 0) is 20.1 Å². The number of rotatable bonds is 2. The highest BCUT2D eigenvalue weighted by Gasteiger charge is 2.23. The summed E-state index contributed by atoms with van der Waals surface area (Å²) in [6.45, 7) is 0. The van der Waals surface area contributed by atoms with E-state index in [1.165, 1.54) is 0 Å². The van der Waals surface area contributed by atoms with Crippen LogP contribution in [0, 0.1) is 5.82 Å². The second-order valence-electron chi connectivity index (χ2n) is 2.73. The highest BCUT2D eigenvalue weighted by atomic mass is 35.5. The summed E-state index contributed by atoms with van der Waals surface area (Å²) >= 11 is 5.36. The number of hydrogen-bond donors (Lipinski definition) is 2. The third-order valence-electron chi connectivity index (χ3n) is 1.57. The van der Waals surface area contributed by atoms with Crippen molar-refractivity contribution in [3.63, 3.8) is 0 Å². The van der Waals surface area contributed by atoms with Gasteiger partial charge in [0.05, 0.1) is 5.02 Å². The standard InChI is InChI=1S/C6H5ClFNO5S2.2H2O/c7-3-1-4(8)6(16(12,13)14)2-5(3)15(9,10)11;;/h1-2H,(H2,9,10,11)(H,12,13,14);2*1H2. The average molecular weight is 326 g/mol. The number of benzene rings is 1. The van der Waals surface area contributed by atoms with Crippen LogP contribution >= 0.6 is 11.6 Å². The minimum atomic E-state index is -4.89. The van der Waals surface area contributed by atoms with Gasteiger partial charge in [-0.3, -0.25) is 4.55 Å². The zero-order chi connectivity index (χ0) is 12.7. The first-order valence-electron chi connectivity index (χ1n) is 3.53. The van der Waals surface area contributed by atoms with Gasteiger partial charge in [0.25, 0.3) is 10.1 Å². The van der Waals surface area contributed by atoms with E-state index in [-0.39, 0.29) is 11.0 Å². The Morgan fingerprint density at radius 1 is 1.11 bits per heavy atom. The van der Waals surface area contributed by atoms with E-state index in [4.69, 9.17) is 21.3 Å². The molecule has 7 N–H and O–H groups in total. The fourth-order valence-corrected chi connectivity index (χ4v) is 2.66. The number of halogens is 2. The van der Waals surface area contributed by atoms with Crippen molar-refractivity contribution in [2.24, 2.45) is 5.14 Å². The van der Waals surface area contributed by atoms with E-state index in [0.29, 0.717) is 12.1 Å². The van der Waals surface area contributed by atoms with Gasteiger partial charge in [-0.25, -0.2) is 17.9 Å². The van der Waals surface area contributed by atoms with Gasteiger partial charge in [0.1, 0.15) is 15.6 Å². The summed E-state index contributed by atoms with van der Waals surface area (Å²) in [4.78, 5) is -2.00. The van der Waals surface area contributed by atoms with Crippen LogP contribution < -0.4 is 5.14 Å². The molecule has 0 aliphatic rings. The Balaban J connectivity index is 0. The van der Waals surface area contributed by atoms with Crippen molar-refractivity contribution in [2.75, 3.05) is 0 Å². The van der Waals surface area contributed by atoms with Crippen LogP contribution in [0.15, 0.2) is 21.9 Å². The minimum absolute atomic E-state index is 0. The molecule has 12 heteroatoms. The third kappa shape index (κ3) is 4.13. The first kappa shape index (κ1) is 19.5. The number of hydrogen-bond acceptors (Lipinski definition) is 4. The molecule has 0 radical (unpaired) electrons. The molecular weight excluding hydrogens is 317 g/mol. The second-order valence-corrected chi connectivity index (χ2v) is 6.06. The first-order chi connectivity index (χ1) is 7.03. The summed E-state index contributed by atoms with van der Waals surface area (Å²) in [5.74, 6) is -1.38. The van der Waals surface area contributed by atoms with Crippen molar-refractivity contribution in [2.45, 2.75) is 9.79 Å². The monoisotopic (exact) mass is 325 g/mol. The Hall–Kier alpha value is -0.820. The zero-order valence-electron chi connectivity index (χ0n) is 8.38. The van der Waals surface area contributed by atoms with Gasteiger partial charge in [-0.05, 0) is 12.1 Å². The van der Waals surface area contributed by atoms with Crippen molar-refractivity contribution < 1.29 is 36.7 Å². The van der Waals surface area contributed by atoms with Crippen molar-refractivity contribution >= 4 is 31.7 Å². The molecule has 0 aliphatic carbocycles. The normalized spacial score (nSPS) is 11.3. The summed E-state index contributed by atoms with van der Waals surface area (Å²) < 4.78 is 64.9. The van der Waals surface area contributed by atoms with E-state index in [0.717, 1.165) is 0 Å². The lowest BCUT2D eigenvalue weighted by molar-refractivity contribution is 0.473. The van der Waals surface area contributed by atoms with E-state index in [1.54, 1.807) is 0 Å². The first-order valence-corrected chi connectivity index (χ1v) is 6.89. The van der Waals surface area contributed by atoms with Crippen LogP contribution in [0.3, 0.4) is 0 Å². The molecule has 106 valence electrons. The van der Waals surface area contributed by atoms with Crippen LogP contribution in [0.25, 0.3) is 0 Å². The molecule has 1 rings (SSSR count). The lowest BCUT2D eigenvalue weighted by Crippen LogP contribution is -2.14.